The van der Waals surface area contributed by atoms with Crippen LogP contribution < -0.4 is 10.5 Å². The van der Waals surface area contributed by atoms with Crippen molar-refractivity contribution in [2.75, 3.05) is 11.9 Å². The Hall–Kier alpha value is -2.02. The third kappa shape index (κ3) is 6.55. The van der Waals surface area contributed by atoms with Crippen LogP contribution in [0.25, 0.3) is 0 Å². The van der Waals surface area contributed by atoms with Gasteiger partial charge in [-0.05, 0) is 58.4 Å². The maximum atomic E-state index is 12.3. The van der Waals surface area contributed by atoms with Crippen molar-refractivity contribution in [3.63, 3.8) is 0 Å². The summed E-state index contributed by atoms with van der Waals surface area (Å²) in [4.78, 5) is 24.0. The van der Waals surface area contributed by atoms with Crippen molar-refractivity contribution in [2.45, 2.75) is 15.5 Å². The number of hydrogen-bond donors (Lipinski definition) is 2. The molecule has 0 aromatic heterocycles. The highest BCUT2D eigenvalue weighted by molar-refractivity contribution is 9.10. The van der Waals surface area contributed by atoms with E-state index in [4.69, 9.17) is 9.88 Å². The molecule has 0 unspecified atom stereocenters. The van der Waals surface area contributed by atoms with Gasteiger partial charge < -0.3 is 10.1 Å². The number of halogens is 3. The lowest BCUT2D eigenvalue weighted by molar-refractivity contribution is -0.119. The number of hydrogen-bond acceptors (Lipinski definition) is 6. The van der Waals surface area contributed by atoms with E-state index in [2.05, 4.69) is 21.2 Å². The summed E-state index contributed by atoms with van der Waals surface area (Å²) in [7, 11) is -4.02. The van der Waals surface area contributed by atoms with Crippen LogP contribution >= 0.6 is 27.7 Å². The van der Waals surface area contributed by atoms with Crippen LogP contribution in [-0.4, -0.2) is 32.7 Å². The van der Waals surface area contributed by atoms with Gasteiger partial charge in [-0.15, -0.1) is 0 Å². The van der Waals surface area contributed by atoms with Crippen molar-refractivity contribution in [1.29, 1.82) is 0 Å². The summed E-state index contributed by atoms with van der Waals surface area (Å²) in [5.41, 5.74) is 0.213. The van der Waals surface area contributed by atoms with E-state index >= 15 is 0 Å². The van der Waals surface area contributed by atoms with Crippen molar-refractivity contribution < 1.29 is 31.5 Å². The fourth-order valence-corrected chi connectivity index (χ4v) is 3.41. The smallest absolute Gasteiger partial charge is 0.339 e. The normalized spacial score (nSPS) is 11.3. The Morgan fingerprint density at radius 2 is 1.82 bits per heavy atom. The van der Waals surface area contributed by atoms with E-state index in [-0.39, 0.29) is 14.9 Å². The molecule has 0 bridgehead atoms. The second-order valence-electron chi connectivity index (χ2n) is 5.21. The minimum atomic E-state index is -4.02. The monoisotopic (exact) mass is 494 g/mol. The number of amides is 1. The first-order valence-corrected chi connectivity index (χ1v) is 10.6. The zero-order chi connectivity index (χ0) is 20.9. The van der Waals surface area contributed by atoms with Gasteiger partial charge in [0.15, 0.2) is 6.61 Å². The number of thioether (sulfide) groups is 1. The molecule has 0 fully saturated rings. The van der Waals surface area contributed by atoms with Crippen LogP contribution in [0.1, 0.15) is 10.4 Å². The predicted octanol–water partition coefficient (Wildman–Crippen LogP) is 3.21. The Balaban J connectivity index is 1.96. The Labute approximate surface area is 171 Å². The van der Waals surface area contributed by atoms with E-state index in [1.807, 2.05) is 0 Å². The van der Waals surface area contributed by atoms with Crippen LogP contribution in [0.4, 0.5) is 14.5 Å². The highest BCUT2D eigenvalue weighted by atomic mass is 79.9. The molecule has 0 heterocycles. The first kappa shape index (κ1) is 22.3. The first-order chi connectivity index (χ1) is 13.1. The fourth-order valence-electron chi connectivity index (χ4n) is 1.96. The van der Waals surface area contributed by atoms with Crippen molar-refractivity contribution in [3.05, 3.63) is 52.5 Å². The lowest BCUT2D eigenvalue weighted by Gasteiger charge is -2.09. The summed E-state index contributed by atoms with van der Waals surface area (Å²) in [5, 5.41) is 7.46. The van der Waals surface area contributed by atoms with Crippen LogP contribution in [0.5, 0.6) is 0 Å². The second kappa shape index (κ2) is 9.45. The van der Waals surface area contributed by atoms with Crippen molar-refractivity contribution in [1.82, 2.24) is 0 Å². The molecule has 0 aliphatic heterocycles. The molecular formula is C16H13BrF2N2O5S2. The van der Waals surface area contributed by atoms with Crippen LogP contribution in [0, 0.1) is 0 Å². The lowest BCUT2D eigenvalue weighted by atomic mass is 10.2. The van der Waals surface area contributed by atoms with Gasteiger partial charge in [0.2, 0.25) is 10.0 Å². The van der Waals surface area contributed by atoms with Gasteiger partial charge in [0.25, 0.3) is 11.7 Å². The summed E-state index contributed by atoms with van der Waals surface area (Å²) >= 11 is 3.46. The summed E-state index contributed by atoms with van der Waals surface area (Å²) in [6.45, 7) is -0.640. The molecule has 2 aromatic carbocycles. The number of alkyl halides is 2. The van der Waals surface area contributed by atoms with Gasteiger partial charge in [0.05, 0.1) is 10.5 Å². The number of carbonyl (C=O) groups excluding carboxylic acids is 2. The van der Waals surface area contributed by atoms with Crippen LogP contribution in [0.3, 0.4) is 0 Å². The average molecular weight is 495 g/mol. The molecule has 0 aliphatic carbocycles. The van der Waals surface area contributed by atoms with Crippen molar-refractivity contribution in [3.8, 4) is 0 Å². The number of nitrogens with two attached hydrogens (primary N) is 1. The molecule has 0 spiro atoms. The standard InChI is InChI=1S/C16H13BrF2N2O5S2/c17-13-6-5-11(28(20,24)25)7-12(13)15(23)26-8-14(22)21-9-1-3-10(4-2-9)27-16(18)19/h1-7,16H,8H2,(H,21,22)(H2,20,24,25). The van der Waals surface area contributed by atoms with Gasteiger partial charge in [0, 0.05) is 15.1 Å². The third-order valence-corrected chi connectivity index (χ3v) is 5.51. The quantitative estimate of drug-likeness (QED) is 0.450. The van der Waals surface area contributed by atoms with E-state index in [1.54, 1.807) is 0 Å². The second-order valence-corrected chi connectivity index (χ2v) is 8.69. The molecule has 7 nitrogen and oxygen atoms in total. The zero-order valence-corrected chi connectivity index (χ0v) is 17.1. The maximum Gasteiger partial charge on any atom is 0.339 e. The summed E-state index contributed by atoms with van der Waals surface area (Å²) in [6.07, 6.45) is 0. The average Bonchev–Trinajstić information content (AvgIpc) is 2.60. The van der Waals surface area contributed by atoms with E-state index in [0.29, 0.717) is 22.3 Å². The van der Waals surface area contributed by atoms with Crippen LogP contribution in [-0.2, 0) is 19.6 Å². The minimum absolute atomic E-state index is 0.118. The Bertz CT molecular complexity index is 985. The van der Waals surface area contributed by atoms with Gasteiger partial charge in [-0.3, -0.25) is 4.79 Å². The molecule has 0 atom stereocenters. The summed E-state index contributed by atoms with van der Waals surface area (Å²) in [5.74, 6) is -4.15. The number of esters is 1. The van der Waals surface area contributed by atoms with Crippen molar-refractivity contribution in [2.24, 2.45) is 5.14 Å². The van der Waals surface area contributed by atoms with Crippen LogP contribution in [0.2, 0.25) is 0 Å². The Kier molecular flexibility index (Phi) is 7.52. The number of ether oxygens (including phenoxy) is 1. The number of anilines is 1. The highest BCUT2D eigenvalue weighted by Gasteiger charge is 2.18. The van der Waals surface area contributed by atoms with Gasteiger partial charge >= 0.3 is 5.97 Å². The molecule has 0 aliphatic rings. The molecule has 28 heavy (non-hydrogen) atoms. The molecule has 0 saturated heterocycles. The van der Waals surface area contributed by atoms with Crippen LogP contribution in [0.15, 0.2) is 56.7 Å². The summed E-state index contributed by atoms with van der Waals surface area (Å²) in [6, 6.07) is 9.23. The minimum Gasteiger partial charge on any atom is -0.452 e. The number of carbonyl (C=O) groups is 2. The first-order valence-electron chi connectivity index (χ1n) is 7.40. The van der Waals surface area contributed by atoms with Crippen molar-refractivity contribution >= 4 is 55.3 Å². The van der Waals surface area contributed by atoms with Gasteiger partial charge in [0.1, 0.15) is 0 Å². The highest BCUT2D eigenvalue weighted by Crippen LogP contribution is 2.26. The SMILES string of the molecule is NS(=O)(=O)c1ccc(Br)c(C(=O)OCC(=O)Nc2ccc(SC(F)F)cc2)c1. The zero-order valence-electron chi connectivity index (χ0n) is 13.9. The number of sulfonamides is 1. The molecule has 150 valence electrons. The van der Waals surface area contributed by atoms with E-state index in [1.165, 1.54) is 36.4 Å². The Morgan fingerprint density at radius 3 is 2.39 bits per heavy atom. The number of primary sulfonamides is 1. The van der Waals surface area contributed by atoms with E-state index < -0.39 is 34.3 Å². The molecule has 0 radical (unpaired) electrons. The summed E-state index contributed by atoms with van der Waals surface area (Å²) < 4.78 is 52.4. The number of rotatable bonds is 7. The Morgan fingerprint density at radius 1 is 1.18 bits per heavy atom. The fraction of sp³-hybridized carbons (Fsp3) is 0.125. The molecule has 1 amide bonds. The lowest BCUT2D eigenvalue weighted by Crippen LogP contribution is -2.21. The molecule has 0 saturated carbocycles. The van der Waals surface area contributed by atoms with E-state index in [0.717, 1.165) is 6.07 Å². The largest absolute Gasteiger partial charge is 0.452 e. The predicted molar refractivity (Wildman–Crippen MR) is 103 cm³/mol. The molecular weight excluding hydrogens is 482 g/mol. The topological polar surface area (TPSA) is 116 Å². The number of benzene rings is 2. The number of nitrogens with one attached hydrogen (secondary N) is 1. The van der Waals surface area contributed by atoms with Gasteiger partial charge in [-0.2, -0.15) is 8.78 Å². The maximum absolute atomic E-state index is 12.3. The van der Waals surface area contributed by atoms with Gasteiger partial charge in [-0.1, -0.05) is 11.8 Å². The molecule has 2 aromatic rings. The third-order valence-electron chi connectivity index (χ3n) is 3.18. The molecule has 3 N–H and O–H groups in total. The molecule has 12 heteroatoms. The molecule has 2 rings (SSSR count). The van der Waals surface area contributed by atoms with E-state index in [9.17, 15) is 26.8 Å². The van der Waals surface area contributed by atoms with Gasteiger partial charge in [-0.25, -0.2) is 18.4 Å².